The van der Waals surface area contributed by atoms with Gasteiger partial charge in [0.25, 0.3) is 5.91 Å². The molecule has 0 atom stereocenters. The van der Waals surface area contributed by atoms with Gasteiger partial charge in [-0.25, -0.2) is 4.98 Å². The number of amides is 1. The number of fused-ring (bicyclic) bond motifs is 1. The van der Waals surface area contributed by atoms with Crippen LogP contribution in [0.3, 0.4) is 0 Å². The molecule has 1 amide bonds. The van der Waals surface area contributed by atoms with Crippen LogP contribution < -0.4 is 14.4 Å². The maximum atomic E-state index is 13.6. The van der Waals surface area contributed by atoms with Gasteiger partial charge in [0.1, 0.15) is 0 Å². The number of hydrogen-bond acceptors (Lipinski definition) is 5. The zero-order valence-corrected chi connectivity index (χ0v) is 18.8. The lowest BCUT2D eigenvalue weighted by Crippen LogP contribution is -2.30. The first kappa shape index (κ1) is 20.9. The molecule has 0 N–H and O–H groups in total. The highest BCUT2D eigenvalue weighted by Gasteiger charge is 2.23. The Morgan fingerprint density at radius 3 is 2.42 bits per heavy atom. The predicted octanol–water partition coefficient (Wildman–Crippen LogP) is 5.78. The molecule has 158 valence electrons. The van der Waals surface area contributed by atoms with Crippen molar-refractivity contribution in [2.45, 2.75) is 20.4 Å². The standard InChI is InChI=1S/C25H24N2O3S/c1-16-10-13-22-23(17(16)2)26-25(31-22)27(15-18-8-6-5-7-9-18)24(28)19-11-12-20(29-3)21(14-19)30-4/h5-14H,15H2,1-4H3. The second-order valence-electron chi connectivity index (χ2n) is 7.30. The number of methoxy groups -OCH3 is 2. The van der Waals surface area contributed by atoms with E-state index >= 15 is 0 Å². The summed E-state index contributed by atoms with van der Waals surface area (Å²) in [4.78, 5) is 20.2. The van der Waals surface area contributed by atoms with Crippen molar-refractivity contribution in [2.24, 2.45) is 0 Å². The Hall–Kier alpha value is -3.38. The van der Waals surface area contributed by atoms with Crippen molar-refractivity contribution >= 4 is 32.6 Å². The molecule has 6 heteroatoms. The Balaban J connectivity index is 1.80. The molecule has 31 heavy (non-hydrogen) atoms. The minimum atomic E-state index is -0.141. The third kappa shape index (κ3) is 4.11. The van der Waals surface area contributed by atoms with E-state index < -0.39 is 0 Å². The molecule has 4 rings (SSSR count). The van der Waals surface area contributed by atoms with Gasteiger partial charge in [0.2, 0.25) is 0 Å². The van der Waals surface area contributed by atoms with E-state index in [1.807, 2.05) is 30.3 Å². The van der Waals surface area contributed by atoms with Crippen LogP contribution >= 0.6 is 11.3 Å². The molecule has 0 aliphatic heterocycles. The summed E-state index contributed by atoms with van der Waals surface area (Å²) in [5, 5.41) is 0.673. The van der Waals surface area contributed by atoms with E-state index in [9.17, 15) is 4.79 Å². The lowest BCUT2D eigenvalue weighted by molar-refractivity contribution is 0.0984. The Bertz CT molecular complexity index is 1230. The Morgan fingerprint density at radius 1 is 0.968 bits per heavy atom. The van der Waals surface area contributed by atoms with Crippen molar-refractivity contribution < 1.29 is 14.3 Å². The smallest absolute Gasteiger partial charge is 0.260 e. The largest absolute Gasteiger partial charge is 0.493 e. The van der Waals surface area contributed by atoms with Gasteiger partial charge in [-0.2, -0.15) is 0 Å². The monoisotopic (exact) mass is 432 g/mol. The number of aryl methyl sites for hydroxylation is 2. The molecular formula is C25H24N2O3S. The summed E-state index contributed by atoms with van der Waals surface area (Å²) < 4.78 is 11.8. The number of nitrogens with zero attached hydrogens (tertiary/aromatic N) is 2. The van der Waals surface area contributed by atoms with Crippen LogP contribution in [0.25, 0.3) is 10.2 Å². The average molecular weight is 433 g/mol. The van der Waals surface area contributed by atoms with Gasteiger partial charge in [-0.15, -0.1) is 0 Å². The zero-order valence-electron chi connectivity index (χ0n) is 18.0. The minimum Gasteiger partial charge on any atom is -0.493 e. The van der Waals surface area contributed by atoms with Crippen LogP contribution in [0.5, 0.6) is 11.5 Å². The van der Waals surface area contributed by atoms with Gasteiger partial charge in [-0.05, 0) is 54.8 Å². The number of rotatable bonds is 6. The molecule has 0 bridgehead atoms. The minimum absolute atomic E-state index is 0.141. The molecule has 0 aliphatic carbocycles. The summed E-state index contributed by atoms with van der Waals surface area (Å²) in [5.41, 5.74) is 4.81. The van der Waals surface area contributed by atoms with Crippen molar-refractivity contribution in [3.05, 3.63) is 82.9 Å². The third-order valence-electron chi connectivity index (χ3n) is 5.36. The van der Waals surface area contributed by atoms with Crippen LogP contribution in [-0.4, -0.2) is 25.1 Å². The maximum Gasteiger partial charge on any atom is 0.260 e. The van der Waals surface area contributed by atoms with Gasteiger partial charge in [0.05, 0.1) is 31.0 Å². The molecular weight excluding hydrogens is 408 g/mol. The number of benzene rings is 3. The Kier molecular flexibility index (Phi) is 5.91. The fourth-order valence-corrected chi connectivity index (χ4v) is 4.47. The first-order valence-electron chi connectivity index (χ1n) is 9.96. The van der Waals surface area contributed by atoms with Gasteiger partial charge < -0.3 is 9.47 Å². The number of carbonyl (C=O) groups excluding carboxylic acids is 1. The van der Waals surface area contributed by atoms with E-state index in [0.29, 0.717) is 28.7 Å². The fraction of sp³-hybridized carbons (Fsp3) is 0.200. The van der Waals surface area contributed by atoms with E-state index in [0.717, 1.165) is 21.3 Å². The van der Waals surface area contributed by atoms with Gasteiger partial charge in [-0.3, -0.25) is 9.69 Å². The number of anilines is 1. The highest BCUT2D eigenvalue weighted by atomic mass is 32.1. The van der Waals surface area contributed by atoms with Crippen LogP contribution in [0.15, 0.2) is 60.7 Å². The quantitative estimate of drug-likeness (QED) is 0.388. The topological polar surface area (TPSA) is 51.7 Å². The van der Waals surface area contributed by atoms with Gasteiger partial charge >= 0.3 is 0 Å². The third-order valence-corrected chi connectivity index (χ3v) is 6.41. The molecule has 0 radical (unpaired) electrons. The molecule has 0 saturated heterocycles. The molecule has 1 heterocycles. The molecule has 0 unspecified atom stereocenters. The summed E-state index contributed by atoms with van der Waals surface area (Å²) in [6.45, 7) is 4.56. The molecule has 0 fully saturated rings. The van der Waals surface area contributed by atoms with Crippen LogP contribution in [-0.2, 0) is 6.54 Å². The van der Waals surface area contributed by atoms with Crippen molar-refractivity contribution in [1.29, 1.82) is 0 Å². The Morgan fingerprint density at radius 2 is 1.71 bits per heavy atom. The molecule has 0 saturated carbocycles. The number of thiazole rings is 1. The highest BCUT2D eigenvalue weighted by Crippen LogP contribution is 2.34. The van der Waals surface area contributed by atoms with Crippen molar-refractivity contribution in [1.82, 2.24) is 4.98 Å². The van der Waals surface area contributed by atoms with Gasteiger partial charge in [0.15, 0.2) is 16.6 Å². The van der Waals surface area contributed by atoms with Crippen LogP contribution in [0.1, 0.15) is 27.0 Å². The summed E-state index contributed by atoms with van der Waals surface area (Å²) in [6.07, 6.45) is 0. The van der Waals surface area contributed by atoms with Gasteiger partial charge in [-0.1, -0.05) is 47.7 Å². The van der Waals surface area contributed by atoms with Crippen molar-refractivity contribution in [3.8, 4) is 11.5 Å². The first-order chi connectivity index (χ1) is 15.0. The van der Waals surface area contributed by atoms with Crippen molar-refractivity contribution in [2.75, 3.05) is 19.1 Å². The lowest BCUT2D eigenvalue weighted by Gasteiger charge is -2.21. The molecule has 5 nitrogen and oxygen atoms in total. The van der Waals surface area contributed by atoms with E-state index in [-0.39, 0.29) is 5.91 Å². The van der Waals surface area contributed by atoms with Crippen LogP contribution in [0.4, 0.5) is 5.13 Å². The zero-order chi connectivity index (χ0) is 22.0. The number of aromatic nitrogens is 1. The summed E-state index contributed by atoms with van der Waals surface area (Å²) in [6, 6.07) is 19.3. The van der Waals surface area contributed by atoms with E-state index in [2.05, 4.69) is 26.0 Å². The SMILES string of the molecule is COc1ccc(C(=O)N(Cc2ccccc2)c2nc3c(C)c(C)ccc3s2)cc1OC. The number of carbonyl (C=O) groups is 1. The summed E-state index contributed by atoms with van der Waals surface area (Å²) in [5.74, 6) is 0.960. The lowest BCUT2D eigenvalue weighted by atomic mass is 10.1. The highest BCUT2D eigenvalue weighted by molar-refractivity contribution is 7.22. The maximum absolute atomic E-state index is 13.6. The second kappa shape index (κ2) is 8.78. The molecule has 0 aliphatic rings. The van der Waals surface area contributed by atoms with Gasteiger partial charge in [0, 0.05) is 5.56 Å². The molecule has 0 spiro atoms. The van der Waals surface area contributed by atoms with Crippen LogP contribution in [0.2, 0.25) is 0 Å². The Labute approximate surface area is 185 Å². The molecule has 4 aromatic rings. The van der Waals surface area contributed by atoms with Crippen LogP contribution in [0, 0.1) is 13.8 Å². The fourth-order valence-electron chi connectivity index (χ4n) is 3.45. The molecule has 3 aromatic carbocycles. The normalized spacial score (nSPS) is 10.8. The van der Waals surface area contributed by atoms with E-state index in [1.165, 1.54) is 16.9 Å². The molecule has 1 aromatic heterocycles. The van der Waals surface area contributed by atoms with Crippen molar-refractivity contribution in [3.63, 3.8) is 0 Å². The van der Waals surface area contributed by atoms with E-state index in [4.69, 9.17) is 14.5 Å². The predicted molar refractivity (Wildman–Crippen MR) is 126 cm³/mol. The number of hydrogen-bond donors (Lipinski definition) is 0. The first-order valence-corrected chi connectivity index (χ1v) is 10.8. The average Bonchev–Trinajstić information content (AvgIpc) is 3.24. The second-order valence-corrected chi connectivity index (χ2v) is 8.31. The summed E-state index contributed by atoms with van der Waals surface area (Å²) in [7, 11) is 3.14. The number of ether oxygens (including phenoxy) is 2. The summed E-state index contributed by atoms with van der Waals surface area (Å²) >= 11 is 1.53. The van der Waals surface area contributed by atoms with E-state index in [1.54, 1.807) is 37.3 Å².